The van der Waals surface area contributed by atoms with Gasteiger partial charge < -0.3 is 10.2 Å². The lowest BCUT2D eigenvalue weighted by Crippen LogP contribution is -2.20. The summed E-state index contributed by atoms with van der Waals surface area (Å²) in [5, 5.41) is 2.94. The summed E-state index contributed by atoms with van der Waals surface area (Å²) in [5.41, 5.74) is 1.87. The van der Waals surface area contributed by atoms with Crippen molar-refractivity contribution >= 4 is 5.69 Å². The molecule has 102 valence electrons. The largest absolute Gasteiger partial charge is 0.389 e. The number of hydrogen-bond acceptors (Lipinski definition) is 2. The molecule has 0 amide bonds. The fourth-order valence-corrected chi connectivity index (χ4v) is 1.81. The number of nitrogens with zero attached hydrogens (tertiary/aromatic N) is 1. The quantitative estimate of drug-likeness (QED) is 0.873. The zero-order valence-corrected chi connectivity index (χ0v) is 10.9. The molecule has 1 unspecified atom stereocenters. The Morgan fingerprint density at radius 3 is 2.44 bits per heavy atom. The van der Waals surface area contributed by atoms with Crippen LogP contribution >= 0.6 is 0 Å². The van der Waals surface area contributed by atoms with Gasteiger partial charge in [0.25, 0.3) is 0 Å². The van der Waals surface area contributed by atoms with Crippen molar-refractivity contribution in [2.45, 2.75) is 25.1 Å². The van der Waals surface area contributed by atoms with Crippen molar-refractivity contribution in [1.29, 1.82) is 0 Å². The summed E-state index contributed by atoms with van der Waals surface area (Å²) in [4.78, 5) is 1.93. The number of halogens is 3. The van der Waals surface area contributed by atoms with E-state index in [9.17, 15) is 13.2 Å². The Morgan fingerprint density at radius 1 is 1.28 bits per heavy atom. The Hall–Kier alpha value is -1.23. The van der Waals surface area contributed by atoms with Gasteiger partial charge in [-0.1, -0.05) is 12.1 Å². The van der Waals surface area contributed by atoms with E-state index in [1.807, 2.05) is 43.3 Å². The minimum atomic E-state index is -4.10. The van der Waals surface area contributed by atoms with Gasteiger partial charge in [0.05, 0.1) is 0 Å². The average Bonchev–Trinajstić information content (AvgIpc) is 2.28. The van der Waals surface area contributed by atoms with Crippen molar-refractivity contribution in [1.82, 2.24) is 5.32 Å². The highest BCUT2D eigenvalue weighted by molar-refractivity contribution is 5.47. The highest BCUT2D eigenvalue weighted by Crippen LogP contribution is 2.28. The van der Waals surface area contributed by atoms with Gasteiger partial charge in [-0.15, -0.1) is 0 Å². The number of nitrogens with one attached hydrogen (secondary N) is 1. The van der Waals surface area contributed by atoms with E-state index >= 15 is 0 Å². The normalized spacial score (nSPS) is 13.4. The predicted octanol–water partition coefficient (Wildman–Crippen LogP) is 3.36. The van der Waals surface area contributed by atoms with E-state index in [2.05, 4.69) is 5.32 Å². The Bertz CT molecular complexity index is 375. The first kappa shape index (κ1) is 14.8. The average molecular weight is 260 g/mol. The minimum absolute atomic E-state index is 0.0525. The molecule has 0 fully saturated rings. The molecule has 18 heavy (non-hydrogen) atoms. The van der Waals surface area contributed by atoms with E-state index in [1.165, 1.54) is 0 Å². The number of hydrogen-bond donors (Lipinski definition) is 1. The number of benzene rings is 1. The fraction of sp³-hybridized carbons (Fsp3) is 0.538. The van der Waals surface area contributed by atoms with Crippen LogP contribution in [0.5, 0.6) is 0 Å². The van der Waals surface area contributed by atoms with Crippen LogP contribution in [0.3, 0.4) is 0 Å². The minimum Gasteiger partial charge on any atom is -0.378 e. The molecule has 0 radical (unpaired) electrons. The smallest absolute Gasteiger partial charge is 0.378 e. The molecule has 5 heteroatoms. The van der Waals surface area contributed by atoms with E-state index in [1.54, 1.807) is 7.05 Å². The van der Waals surface area contributed by atoms with Gasteiger partial charge >= 0.3 is 6.18 Å². The monoisotopic (exact) mass is 260 g/mol. The molecule has 0 saturated heterocycles. The highest BCUT2D eigenvalue weighted by Gasteiger charge is 2.28. The van der Waals surface area contributed by atoms with E-state index in [0.717, 1.165) is 11.3 Å². The standard InChI is InChI=1S/C13H19F3N2/c1-17-12(7-8-13(14,15)16)10-5-4-6-11(9-10)18(2)3/h4-6,9,12,17H,7-8H2,1-3H3. The Kier molecular flexibility index (Phi) is 5.02. The van der Waals surface area contributed by atoms with Gasteiger partial charge in [-0.05, 0) is 31.2 Å². The Morgan fingerprint density at radius 2 is 1.94 bits per heavy atom. The second-order valence-electron chi connectivity index (χ2n) is 4.48. The first-order valence-corrected chi connectivity index (χ1v) is 5.85. The summed E-state index contributed by atoms with van der Waals surface area (Å²) in [6.45, 7) is 0. The van der Waals surface area contributed by atoms with Crippen molar-refractivity contribution in [3.05, 3.63) is 29.8 Å². The first-order chi connectivity index (χ1) is 8.33. The molecule has 0 aliphatic rings. The second kappa shape index (κ2) is 6.09. The van der Waals surface area contributed by atoms with Crippen LogP contribution in [0.1, 0.15) is 24.4 Å². The van der Waals surface area contributed by atoms with E-state index in [4.69, 9.17) is 0 Å². The number of rotatable bonds is 5. The van der Waals surface area contributed by atoms with Crippen molar-refractivity contribution in [2.75, 3.05) is 26.0 Å². The van der Waals surface area contributed by atoms with Crippen LogP contribution in [0, 0.1) is 0 Å². The van der Waals surface area contributed by atoms with E-state index < -0.39 is 12.6 Å². The molecule has 1 aromatic rings. The van der Waals surface area contributed by atoms with Crippen LogP contribution < -0.4 is 10.2 Å². The molecule has 0 heterocycles. The van der Waals surface area contributed by atoms with Gasteiger partial charge in [0.15, 0.2) is 0 Å². The van der Waals surface area contributed by atoms with Crippen LogP contribution in [-0.2, 0) is 0 Å². The van der Waals surface area contributed by atoms with Crippen molar-refractivity contribution in [3.8, 4) is 0 Å². The van der Waals surface area contributed by atoms with Gasteiger partial charge in [-0.2, -0.15) is 13.2 Å². The summed E-state index contributed by atoms with van der Waals surface area (Å²) in [6, 6.07) is 7.29. The van der Waals surface area contributed by atoms with Crippen molar-refractivity contribution in [2.24, 2.45) is 0 Å². The first-order valence-electron chi connectivity index (χ1n) is 5.85. The summed E-state index contributed by atoms with van der Waals surface area (Å²) in [7, 11) is 5.50. The molecule has 0 aliphatic heterocycles. The lowest BCUT2D eigenvalue weighted by Gasteiger charge is -2.20. The predicted molar refractivity (Wildman–Crippen MR) is 67.9 cm³/mol. The van der Waals surface area contributed by atoms with Gasteiger partial charge in [-0.3, -0.25) is 0 Å². The molecule has 0 spiro atoms. The lowest BCUT2D eigenvalue weighted by atomic mass is 10.0. The van der Waals surface area contributed by atoms with Crippen LogP contribution in [0.25, 0.3) is 0 Å². The molecule has 2 nitrogen and oxygen atoms in total. The van der Waals surface area contributed by atoms with Gasteiger partial charge in [0.2, 0.25) is 0 Å². The topological polar surface area (TPSA) is 15.3 Å². The SMILES string of the molecule is CNC(CCC(F)(F)F)c1cccc(N(C)C)c1. The molecule has 0 saturated carbocycles. The maximum Gasteiger partial charge on any atom is 0.389 e. The summed E-state index contributed by atoms with van der Waals surface area (Å²) < 4.78 is 36.7. The van der Waals surface area contributed by atoms with Gasteiger partial charge in [-0.25, -0.2) is 0 Å². The maximum absolute atomic E-state index is 12.2. The maximum atomic E-state index is 12.2. The molecular weight excluding hydrogens is 241 g/mol. The summed E-state index contributed by atoms with van der Waals surface area (Å²) in [5.74, 6) is 0. The molecule has 1 N–H and O–H groups in total. The zero-order chi connectivity index (χ0) is 13.8. The fourth-order valence-electron chi connectivity index (χ4n) is 1.81. The van der Waals surface area contributed by atoms with Crippen LogP contribution in [0.2, 0.25) is 0 Å². The summed E-state index contributed by atoms with van der Waals surface area (Å²) >= 11 is 0. The van der Waals surface area contributed by atoms with Crippen LogP contribution in [-0.4, -0.2) is 27.3 Å². The van der Waals surface area contributed by atoms with E-state index in [0.29, 0.717) is 0 Å². The second-order valence-corrected chi connectivity index (χ2v) is 4.48. The third kappa shape index (κ3) is 4.56. The zero-order valence-electron chi connectivity index (χ0n) is 10.9. The Balaban J connectivity index is 2.78. The molecule has 0 aromatic heterocycles. The van der Waals surface area contributed by atoms with Crippen LogP contribution in [0.15, 0.2) is 24.3 Å². The summed E-state index contributed by atoms with van der Waals surface area (Å²) in [6.07, 6.45) is -4.82. The third-order valence-corrected chi connectivity index (χ3v) is 2.85. The number of alkyl halides is 3. The highest BCUT2D eigenvalue weighted by atomic mass is 19.4. The third-order valence-electron chi connectivity index (χ3n) is 2.85. The Labute approximate surface area is 106 Å². The molecular formula is C13H19F3N2. The van der Waals surface area contributed by atoms with E-state index in [-0.39, 0.29) is 12.5 Å². The number of anilines is 1. The van der Waals surface area contributed by atoms with Crippen LogP contribution in [0.4, 0.5) is 18.9 Å². The van der Waals surface area contributed by atoms with Gasteiger partial charge in [0, 0.05) is 32.2 Å². The van der Waals surface area contributed by atoms with Crippen molar-refractivity contribution < 1.29 is 13.2 Å². The van der Waals surface area contributed by atoms with Gasteiger partial charge in [0.1, 0.15) is 0 Å². The molecule has 1 aromatic carbocycles. The molecule has 0 aliphatic carbocycles. The molecule has 1 atom stereocenters. The molecule has 0 bridgehead atoms. The van der Waals surface area contributed by atoms with Crippen molar-refractivity contribution in [3.63, 3.8) is 0 Å². The lowest BCUT2D eigenvalue weighted by molar-refractivity contribution is -0.136. The molecule has 1 rings (SSSR count).